The predicted octanol–water partition coefficient (Wildman–Crippen LogP) is 3.64. The van der Waals surface area contributed by atoms with Crippen LogP contribution in [0.1, 0.15) is 43.1 Å². The fourth-order valence-electron chi connectivity index (χ4n) is 3.33. The van der Waals surface area contributed by atoms with E-state index in [1.54, 1.807) is 12.1 Å². The highest BCUT2D eigenvalue weighted by Gasteiger charge is 2.49. The zero-order valence-electron chi connectivity index (χ0n) is 13.4. The molecule has 2 aromatic carbocycles. The molecular weight excluding hydrogens is 311 g/mol. The maximum Gasteiger partial charge on any atom is 0.303 e. The van der Waals surface area contributed by atoms with Gasteiger partial charge in [0.2, 0.25) is 0 Å². The molecular formula is C19H17FO4. The summed E-state index contributed by atoms with van der Waals surface area (Å²) in [5, 5.41) is 0. The van der Waals surface area contributed by atoms with E-state index in [2.05, 4.69) is 0 Å². The van der Waals surface area contributed by atoms with Gasteiger partial charge in [0.15, 0.2) is 5.60 Å². The van der Waals surface area contributed by atoms with Crippen molar-refractivity contribution in [2.24, 2.45) is 0 Å². The van der Waals surface area contributed by atoms with Gasteiger partial charge in [-0.3, -0.25) is 9.59 Å². The molecule has 24 heavy (non-hydrogen) atoms. The van der Waals surface area contributed by atoms with Crippen LogP contribution >= 0.6 is 0 Å². The third-order valence-corrected chi connectivity index (χ3v) is 4.15. The Morgan fingerprint density at radius 2 is 1.71 bits per heavy atom. The maximum absolute atomic E-state index is 13.3. The predicted molar refractivity (Wildman–Crippen MR) is 84.5 cm³/mol. The molecule has 0 saturated heterocycles. The first-order valence-electron chi connectivity index (χ1n) is 7.64. The third-order valence-electron chi connectivity index (χ3n) is 4.15. The highest BCUT2D eigenvalue weighted by Crippen LogP contribution is 2.51. The molecule has 2 atom stereocenters. The average molecular weight is 328 g/mol. The van der Waals surface area contributed by atoms with Crippen molar-refractivity contribution >= 4 is 11.9 Å². The Bertz CT molecular complexity index is 784. The molecule has 5 heteroatoms. The van der Waals surface area contributed by atoms with E-state index in [1.807, 2.05) is 24.3 Å². The Morgan fingerprint density at radius 1 is 1.04 bits per heavy atom. The summed E-state index contributed by atoms with van der Waals surface area (Å²) in [6.07, 6.45) is -0.264. The van der Waals surface area contributed by atoms with E-state index in [-0.39, 0.29) is 12.2 Å². The third kappa shape index (κ3) is 2.77. The normalized spacial score (nSPS) is 21.9. The zero-order valence-corrected chi connectivity index (χ0v) is 13.4. The van der Waals surface area contributed by atoms with E-state index in [1.165, 1.54) is 26.0 Å². The maximum atomic E-state index is 13.3. The lowest BCUT2D eigenvalue weighted by atomic mass is 9.87. The fraction of sp³-hybridized carbons (Fsp3) is 0.263. The van der Waals surface area contributed by atoms with Crippen molar-refractivity contribution in [2.45, 2.75) is 32.0 Å². The number of esters is 2. The van der Waals surface area contributed by atoms with E-state index in [0.29, 0.717) is 5.56 Å². The molecule has 0 radical (unpaired) electrons. The van der Waals surface area contributed by atoms with Crippen LogP contribution in [-0.4, -0.2) is 11.9 Å². The van der Waals surface area contributed by atoms with Gasteiger partial charge in [-0.2, -0.15) is 0 Å². The first-order valence-corrected chi connectivity index (χ1v) is 7.64. The summed E-state index contributed by atoms with van der Waals surface area (Å²) in [7, 11) is 0. The molecule has 0 aliphatic heterocycles. The smallest absolute Gasteiger partial charge is 0.303 e. The lowest BCUT2D eigenvalue weighted by Gasteiger charge is -2.30. The number of hydrogen-bond acceptors (Lipinski definition) is 4. The highest BCUT2D eigenvalue weighted by atomic mass is 19.1. The van der Waals surface area contributed by atoms with E-state index >= 15 is 0 Å². The van der Waals surface area contributed by atoms with Crippen molar-refractivity contribution in [3.05, 3.63) is 71.0 Å². The van der Waals surface area contributed by atoms with Crippen molar-refractivity contribution in [1.82, 2.24) is 0 Å². The molecule has 0 aromatic heterocycles. The molecule has 124 valence electrons. The molecule has 4 nitrogen and oxygen atoms in total. The Kier molecular flexibility index (Phi) is 4.09. The molecule has 2 aromatic rings. The highest BCUT2D eigenvalue weighted by molar-refractivity contribution is 5.69. The van der Waals surface area contributed by atoms with Crippen LogP contribution < -0.4 is 0 Å². The molecule has 0 N–H and O–H groups in total. The van der Waals surface area contributed by atoms with Gasteiger partial charge in [0.05, 0.1) is 0 Å². The summed E-state index contributed by atoms with van der Waals surface area (Å²) in [6.45, 7) is 2.67. The van der Waals surface area contributed by atoms with Gasteiger partial charge in [-0.1, -0.05) is 36.4 Å². The summed E-state index contributed by atoms with van der Waals surface area (Å²) in [6, 6.07) is 13.2. The van der Waals surface area contributed by atoms with Crippen molar-refractivity contribution in [3.8, 4) is 0 Å². The van der Waals surface area contributed by atoms with Crippen LogP contribution in [0.15, 0.2) is 48.5 Å². The van der Waals surface area contributed by atoms with Crippen molar-refractivity contribution in [1.29, 1.82) is 0 Å². The van der Waals surface area contributed by atoms with Gasteiger partial charge < -0.3 is 9.47 Å². The fourth-order valence-corrected chi connectivity index (χ4v) is 3.33. The van der Waals surface area contributed by atoms with Crippen LogP contribution in [0.25, 0.3) is 0 Å². The van der Waals surface area contributed by atoms with Gasteiger partial charge in [-0.25, -0.2) is 4.39 Å². The molecule has 1 aliphatic rings. The topological polar surface area (TPSA) is 52.6 Å². The molecule has 0 saturated carbocycles. The SMILES string of the molecule is CC(=O)O[C@@H]1C[C@](OC(C)=O)(c2ccc(F)cc2)c2ccccc21. The van der Waals surface area contributed by atoms with Gasteiger partial charge >= 0.3 is 11.9 Å². The monoisotopic (exact) mass is 328 g/mol. The van der Waals surface area contributed by atoms with Gasteiger partial charge in [0.1, 0.15) is 11.9 Å². The van der Waals surface area contributed by atoms with E-state index in [0.717, 1.165) is 11.1 Å². The van der Waals surface area contributed by atoms with Crippen LogP contribution in [0.4, 0.5) is 4.39 Å². The molecule has 3 rings (SSSR count). The number of carbonyl (C=O) groups excluding carboxylic acids is 2. The van der Waals surface area contributed by atoms with Crippen LogP contribution in [0.3, 0.4) is 0 Å². The first-order chi connectivity index (χ1) is 11.4. The minimum absolute atomic E-state index is 0.261. The second-order valence-corrected chi connectivity index (χ2v) is 5.82. The zero-order chi connectivity index (χ0) is 17.3. The molecule has 1 aliphatic carbocycles. The van der Waals surface area contributed by atoms with Crippen molar-refractivity contribution in [3.63, 3.8) is 0 Å². The minimum Gasteiger partial charge on any atom is -0.457 e. The quantitative estimate of drug-likeness (QED) is 0.807. The second kappa shape index (κ2) is 6.07. The van der Waals surface area contributed by atoms with E-state index in [4.69, 9.17) is 9.47 Å². The molecule has 0 bridgehead atoms. The molecule has 0 unspecified atom stereocenters. The number of halogens is 1. The van der Waals surface area contributed by atoms with Crippen molar-refractivity contribution in [2.75, 3.05) is 0 Å². The Labute approximate surface area is 139 Å². The van der Waals surface area contributed by atoms with E-state index < -0.39 is 23.6 Å². The summed E-state index contributed by atoms with van der Waals surface area (Å²) in [5.41, 5.74) is 1.08. The van der Waals surface area contributed by atoms with Gasteiger partial charge in [0, 0.05) is 37.0 Å². The lowest BCUT2D eigenvalue weighted by Crippen LogP contribution is -2.31. The Morgan fingerprint density at radius 3 is 2.33 bits per heavy atom. The number of carbonyl (C=O) groups is 2. The average Bonchev–Trinajstić information content (AvgIpc) is 2.82. The molecule has 0 amide bonds. The minimum atomic E-state index is -1.10. The summed E-state index contributed by atoms with van der Waals surface area (Å²) in [5.74, 6) is -1.25. The van der Waals surface area contributed by atoms with Gasteiger partial charge in [0.25, 0.3) is 0 Å². The molecule has 0 spiro atoms. The number of fused-ring (bicyclic) bond motifs is 1. The number of rotatable bonds is 3. The standard InChI is InChI=1S/C19H17FO4/c1-12(21)23-18-11-19(24-13(2)22,14-7-9-15(20)10-8-14)17-6-4-3-5-16(17)18/h3-10,18H,11H2,1-2H3/t18-,19+/m1/s1. The van der Waals surface area contributed by atoms with Gasteiger partial charge in [-0.05, 0) is 12.1 Å². The number of hydrogen-bond donors (Lipinski definition) is 0. The number of ether oxygens (including phenoxy) is 2. The van der Waals surface area contributed by atoms with Crippen LogP contribution in [0.5, 0.6) is 0 Å². The Hall–Kier alpha value is -2.69. The van der Waals surface area contributed by atoms with Crippen molar-refractivity contribution < 1.29 is 23.5 Å². The van der Waals surface area contributed by atoms with Gasteiger partial charge in [-0.15, -0.1) is 0 Å². The number of benzene rings is 2. The Balaban J connectivity index is 2.17. The molecule has 0 heterocycles. The van der Waals surface area contributed by atoms with Crippen LogP contribution in [0, 0.1) is 5.82 Å². The summed E-state index contributed by atoms with van der Waals surface area (Å²) < 4.78 is 24.5. The van der Waals surface area contributed by atoms with Crippen LogP contribution in [-0.2, 0) is 24.7 Å². The second-order valence-electron chi connectivity index (χ2n) is 5.82. The summed E-state index contributed by atoms with van der Waals surface area (Å²) >= 11 is 0. The largest absolute Gasteiger partial charge is 0.457 e. The first kappa shape index (κ1) is 16.2. The van der Waals surface area contributed by atoms with Crippen LogP contribution in [0.2, 0.25) is 0 Å². The molecule has 0 fully saturated rings. The summed E-state index contributed by atoms with van der Waals surface area (Å²) in [4.78, 5) is 23.2. The van der Waals surface area contributed by atoms with E-state index in [9.17, 15) is 14.0 Å². The lowest BCUT2D eigenvalue weighted by molar-refractivity contribution is -0.158.